The van der Waals surface area contributed by atoms with Crippen molar-refractivity contribution in [2.45, 2.75) is 50.0 Å². The minimum Gasteiger partial charge on any atom is -0.482 e. The van der Waals surface area contributed by atoms with Crippen LogP contribution in [0.25, 0.3) is 0 Å². The van der Waals surface area contributed by atoms with Gasteiger partial charge in [-0.2, -0.15) is 0 Å². The Labute approximate surface area is 148 Å². The zero-order valence-electron chi connectivity index (χ0n) is 13.7. The number of amides is 1. The van der Waals surface area contributed by atoms with Crippen molar-refractivity contribution in [2.24, 2.45) is 0 Å². The van der Waals surface area contributed by atoms with E-state index in [1.165, 1.54) is 18.2 Å². The number of rotatable bonds is 7. The number of sulfonamides is 1. The highest BCUT2D eigenvalue weighted by Gasteiger charge is 2.22. The lowest BCUT2D eigenvalue weighted by Gasteiger charge is -2.22. The summed E-state index contributed by atoms with van der Waals surface area (Å²) in [5, 5.41) is 2.76. The molecule has 134 valence electrons. The first-order valence-corrected chi connectivity index (χ1v) is 10.00. The molecule has 0 bridgehead atoms. The fourth-order valence-corrected chi connectivity index (χ4v) is 4.30. The Bertz CT molecular complexity index is 673. The molecule has 0 unspecified atom stereocenters. The molecule has 0 aliphatic heterocycles. The molecule has 1 aliphatic rings. The first-order chi connectivity index (χ1) is 11.4. The fourth-order valence-electron chi connectivity index (χ4n) is 2.67. The lowest BCUT2D eigenvalue weighted by molar-refractivity contribution is -0.122. The van der Waals surface area contributed by atoms with Gasteiger partial charge in [-0.3, -0.25) is 4.79 Å². The standard InChI is InChI=1S/C16H23ClN2O4S/c1-2-18-16(20)11-23-15-9-8-13(10-14(15)17)24(21,22)19-12-6-4-3-5-7-12/h8-10,12,19H,2-7,11H2,1H3,(H,18,20). The van der Waals surface area contributed by atoms with Crippen LogP contribution in [0.2, 0.25) is 5.02 Å². The summed E-state index contributed by atoms with van der Waals surface area (Å²) in [6.45, 7) is 2.16. The average molecular weight is 375 g/mol. The molecule has 1 aliphatic carbocycles. The largest absolute Gasteiger partial charge is 0.482 e. The Morgan fingerprint density at radius 1 is 1.29 bits per heavy atom. The Hall–Kier alpha value is -1.31. The molecule has 0 heterocycles. The maximum atomic E-state index is 12.4. The van der Waals surface area contributed by atoms with E-state index >= 15 is 0 Å². The lowest BCUT2D eigenvalue weighted by Crippen LogP contribution is -2.36. The van der Waals surface area contributed by atoms with Crippen LogP contribution >= 0.6 is 11.6 Å². The van der Waals surface area contributed by atoms with Crippen LogP contribution in [0.1, 0.15) is 39.0 Å². The Balaban J connectivity index is 2.03. The normalized spacial score (nSPS) is 15.9. The zero-order valence-corrected chi connectivity index (χ0v) is 15.3. The minimum atomic E-state index is -3.61. The molecule has 0 radical (unpaired) electrons. The average Bonchev–Trinajstić information content (AvgIpc) is 2.54. The quantitative estimate of drug-likeness (QED) is 0.767. The Morgan fingerprint density at radius 2 is 2.00 bits per heavy atom. The summed E-state index contributed by atoms with van der Waals surface area (Å²) in [4.78, 5) is 11.5. The van der Waals surface area contributed by atoms with E-state index in [1.54, 1.807) is 0 Å². The van der Waals surface area contributed by atoms with Gasteiger partial charge in [0.25, 0.3) is 5.91 Å². The van der Waals surface area contributed by atoms with E-state index in [4.69, 9.17) is 16.3 Å². The van der Waals surface area contributed by atoms with Crippen LogP contribution in [0.15, 0.2) is 23.1 Å². The molecule has 0 spiro atoms. The van der Waals surface area contributed by atoms with Crippen LogP contribution in [0.4, 0.5) is 0 Å². The minimum absolute atomic E-state index is 0.0174. The predicted molar refractivity (Wildman–Crippen MR) is 92.8 cm³/mol. The van der Waals surface area contributed by atoms with Crippen molar-refractivity contribution in [2.75, 3.05) is 13.2 Å². The first-order valence-electron chi connectivity index (χ1n) is 8.13. The molecular formula is C16H23ClN2O4S. The van der Waals surface area contributed by atoms with Gasteiger partial charge in [0, 0.05) is 12.6 Å². The third-order valence-electron chi connectivity index (χ3n) is 3.87. The number of benzene rings is 1. The van der Waals surface area contributed by atoms with Gasteiger partial charge in [0.15, 0.2) is 6.61 Å². The third-order valence-corrected chi connectivity index (χ3v) is 5.69. The molecule has 2 N–H and O–H groups in total. The van der Waals surface area contributed by atoms with E-state index in [2.05, 4.69) is 10.0 Å². The molecule has 1 aromatic carbocycles. The van der Waals surface area contributed by atoms with E-state index in [-0.39, 0.29) is 34.2 Å². The van der Waals surface area contributed by atoms with Crippen molar-refractivity contribution in [1.82, 2.24) is 10.0 Å². The van der Waals surface area contributed by atoms with Crippen molar-refractivity contribution < 1.29 is 17.9 Å². The van der Waals surface area contributed by atoms with Crippen LogP contribution < -0.4 is 14.8 Å². The molecule has 0 saturated heterocycles. The number of hydrogen-bond donors (Lipinski definition) is 2. The van der Waals surface area contributed by atoms with Gasteiger partial charge in [0.05, 0.1) is 9.92 Å². The van der Waals surface area contributed by atoms with Gasteiger partial charge < -0.3 is 10.1 Å². The highest BCUT2D eigenvalue weighted by Crippen LogP contribution is 2.28. The number of carbonyl (C=O) groups is 1. The number of carbonyl (C=O) groups excluding carboxylic acids is 1. The van der Waals surface area contributed by atoms with Crippen molar-refractivity contribution in [3.8, 4) is 5.75 Å². The fraction of sp³-hybridized carbons (Fsp3) is 0.562. The number of ether oxygens (including phenoxy) is 1. The summed E-state index contributed by atoms with van der Waals surface area (Å²) in [6.07, 6.45) is 4.96. The summed E-state index contributed by atoms with van der Waals surface area (Å²) < 4.78 is 32.9. The highest BCUT2D eigenvalue weighted by molar-refractivity contribution is 7.89. The topological polar surface area (TPSA) is 84.5 Å². The molecular weight excluding hydrogens is 352 g/mol. The monoisotopic (exact) mass is 374 g/mol. The van der Waals surface area contributed by atoms with Gasteiger partial charge in [-0.15, -0.1) is 0 Å². The molecule has 8 heteroatoms. The summed E-state index contributed by atoms with van der Waals surface area (Å²) in [5.41, 5.74) is 0. The molecule has 0 atom stereocenters. The second-order valence-electron chi connectivity index (χ2n) is 5.79. The number of halogens is 1. The van der Waals surface area contributed by atoms with Crippen molar-refractivity contribution in [1.29, 1.82) is 0 Å². The van der Waals surface area contributed by atoms with E-state index in [0.717, 1.165) is 32.1 Å². The van der Waals surface area contributed by atoms with E-state index in [0.29, 0.717) is 6.54 Å². The molecule has 1 saturated carbocycles. The molecule has 1 amide bonds. The third kappa shape index (κ3) is 5.36. The summed E-state index contributed by atoms with van der Waals surface area (Å²) in [7, 11) is -3.61. The molecule has 6 nitrogen and oxygen atoms in total. The molecule has 2 rings (SSSR count). The van der Waals surface area contributed by atoms with Gasteiger partial charge in [0.1, 0.15) is 5.75 Å². The number of likely N-dealkylation sites (N-methyl/N-ethyl adjacent to an activating group) is 1. The maximum Gasteiger partial charge on any atom is 0.257 e. The van der Waals surface area contributed by atoms with Crippen LogP contribution in [0.3, 0.4) is 0 Å². The SMILES string of the molecule is CCNC(=O)COc1ccc(S(=O)(=O)NC2CCCCC2)cc1Cl. The van der Waals surface area contributed by atoms with Crippen molar-refractivity contribution in [3.63, 3.8) is 0 Å². The zero-order chi connectivity index (χ0) is 17.6. The van der Waals surface area contributed by atoms with Gasteiger partial charge >= 0.3 is 0 Å². The van der Waals surface area contributed by atoms with E-state index in [9.17, 15) is 13.2 Å². The molecule has 24 heavy (non-hydrogen) atoms. The molecule has 1 aromatic rings. The van der Waals surface area contributed by atoms with Crippen molar-refractivity contribution in [3.05, 3.63) is 23.2 Å². The number of hydrogen-bond acceptors (Lipinski definition) is 4. The molecule has 0 aromatic heterocycles. The number of nitrogens with one attached hydrogen (secondary N) is 2. The van der Waals surface area contributed by atoms with Crippen LogP contribution in [0.5, 0.6) is 5.75 Å². The van der Waals surface area contributed by atoms with Crippen LogP contribution in [-0.2, 0) is 14.8 Å². The summed E-state index contributed by atoms with van der Waals surface area (Å²) in [5.74, 6) is 0.0174. The Morgan fingerprint density at radius 3 is 2.62 bits per heavy atom. The second kappa shape index (κ2) is 8.69. The van der Waals surface area contributed by atoms with Gasteiger partial charge in [-0.25, -0.2) is 13.1 Å². The first kappa shape index (κ1) is 19.0. The highest BCUT2D eigenvalue weighted by atomic mass is 35.5. The van der Waals surface area contributed by atoms with Crippen molar-refractivity contribution >= 4 is 27.5 Å². The maximum absolute atomic E-state index is 12.4. The molecule has 1 fully saturated rings. The Kier molecular flexibility index (Phi) is 6.89. The van der Waals surface area contributed by atoms with Gasteiger partial charge in [-0.1, -0.05) is 30.9 Å². The summed E-state index contributed by atoms with van der Waals surface area (Å²) >= 11 is 6.09. The predicted octanol–water partition coefficient (Wildman–Crippen LogP) is 2.47. The van der Waals surface area contributed by atoms with E-state index in [1.807, 2.05) is 6.92 Å². The van der Waals surface area contributed by atoms with Gasteiger partial charge in [-0.05, 0) is 38.0 Å². The smallest absolute Gasteiger partial charge is 0.257 e. The lowest BCUT2D eigenvalue weighted by atomic mass is 9.96. The second-order valence-corrected chi connectivity index (χ2v) is 7.91. The van der Waals surface area contributed by atoms with Gasteiger partial charge in [0.2, 0.25) is 10.0 Å². The summed E-state index contributed by atoms with van der Waals surface area (Å²) in [6, 6.07) is 4.23. The van der Waals surface area contributed by atoms with Crippen LogP contribution in [0, 0.1) is 0 Å². The van der Waals surface area contributed by atoms with E-state index < -0.39 is 10.0 Å². The van der Waals surface area contributed by atoms with Crippen LogP contribution in [-0.4, -0.2) is 33.5 Å².